The van der Waals surface area contributed by atoms with Gasteiger partial charge in [-0.3, -0.25) is 5.32 Å². The van der Waals surface area contributed by atoms with Crippen molar-refractivity contribution in [3.05, 3.63) is 40.9 Å². The fraction of sp³-hybridized carbons (Fsp3) is 0.357. The summed E-state index contributed by atoms with van der Waals surface area (Å²) in [5.41, 5.74) is 0.889. The maximum absolute atomic E-state index is 12.5. The minimum atomic E-state index is -4.58. The zero-order valence-corrected chi connectivity index (χ0v) is 13.1. The molecule has 6 nitrogen and oxygen atoms in total. The van der Waals surface area contributed by atoms with E-state index in [9.17, 15) is 18.0 Å². The number of urea groups is 1. The van der Waals surface area contributed by atoms with Crippen LogP contribution in [0.15, 0.2) is 30.3 Å². The molecule has 1 aromatic carbocycles. The summed E-state index contributed by atoms with van der Waals surface area (Å²) in [6.45, 7) is 1.01. The lowest BCUT2D eigenvalue weighted by molar-refractivity contribution is -0.138. The van der Waals surface area contributed by atoms with E-state index in [1.54, 1.807) is 0 Å². The van der Waals surface area contributed by atoms with E-state index in [0.717, 1.165) is 5.56 Å². The predicted octanol–water partition coefficient (Wildman–Crippen LogP) is 3.16. The van der Waals surface area contributed by atoms with E-state index in [2.05, 4.69) is 15.5 Å². The lowest BCUT2D eigenvalue weighted by atomic mass is 10.1. The third-order valence-corrected chi connectivity index (χ3v) is 4.34. The molecule has 1 atom stereocenters. The standard InChI is InChI=1S/C14H13F3N4O2S/c15-14(16,17)11-19-20-12(24-11)18-13(22)21-6-7-23-8-10(21)9-4-2-1-3-5-9/h1-5,10H,6-8H2,(H,18,20,22)/t10-/m0/s1. The van der Waals surface area contributed by atoms with Crippen LogP contribution in [0.5, 0.6) is 0 Å². The first kappa shape index (κ1) is 16.7. The van der Waals surface area contributed by atoms with Crippen molar-refractivity contribution in [1.82, 2.24) is 15.1 Å². The number of anilines is 1. The number of nitrogens with zero attached hydrogens (tertiary/aromatic N) is 3. The average molecular weight is 358 g/mol. The van der Waals surface area contributed by atoms with Crippen molar-refractivity contribution >= 4 is 22.5 Å². The summed E-state index contributed by atoms with van der Waals surface area (Å²) in [6, 6.07) is 8.45. The highest BCUT2D eigenvalue weighted by molar-refractivity contribution is 7.15. The Morgan fingerprint density at radius 2 is 2.04 bits per heavy atom. The number of nitrogens with one attached hydrogen (secondary N) is 1. The molecule has 0 saturated carbocycles. The molecule has 1 saturated heterocycles. The Labute approximate surface area is 139 Å². The first-order chi connectivity index (χ1) is 11.4. The highest BCUT2D eigenvalue weighted by Crippen LogP contribution is 2.33. The lowest BCUT2D eigenvalue weighted by Gasteiger charge is -2.35. The molecule has 2 aromatic rings. The second kappa shape index (κ2) is 6.73. The van der Waals surface area contributed by atoms with Gasteiger partial charge in [0.05, 0.1) is 19.3 Å². The molecule has 0 spiro atoms. The van der Waals surface area contributed by atoms with Crippen LogP contribution in [0, 0.1) is 0 Å². The van der Waals surface area contributed by atoms with Gasteiger partial charge in [-0.05, 0) is 5.56 Å². The Morgan fingerprint density at radius 3 is 2.71 bits per heavy atom. The molecule has 0 aliphatic carbocycles. The zero-order valence-electron chi connectivity index (χ0n) is 12.3. The molecule has 1 aromatic heterocycles. The largest absolute Gasteiger partial charge is 0.445 e. The van der Waals surface area contributed by atoms with Gasteiger partial charge in [0.25, 0.3) is 0 Å². The summed E-state index contributed by atoms with van der Waals surface area (Å²) in [6.07, 6.45) is -4.58. The van der Waals surface area contributed by atoms with Gasteiger partial charge in [0.1, 0.15) is 0 Å². The number of rotatable bonds is 2. The first-order valence-corrected chi connectivity index (χ1v) is 7.88. The second-order valence-corrected chi connectivity index (χ2v) is 6.01. The molecule has 2 amide bonds. The molecule has 10 heteroatoms. The van der Waals surface area contributed by atoms with Crippen molar-refractivity contribution in [2.75, 3.05) is 25.1 Å². The molecule has 1 aliphatic heterocycles. The minimum Gasteiger partial charge on any atom is -0.377 e. The number of carbonyl (C=O) groups is 1. The molecule has 0 bridgehead atoms. The summed E-state index contributed by atoms with van der Waals surface area (Å²) in [4.78, 5) is 13.9. The molecular weight excluding hydrogens is 345 g/mol. The normalized spacial score (nSPS) is 18.5. The number of morpholine rings is 1. The van der Waals surface area contributed by atoms with Gasteiger partial charge in [-0.1, -0.05) is 41.7 Å². The number of hydrogen-bond donors (Lipinski definition) is 1. The van der Waals surface area contributed by atoms with Crippen molar-refractivity contribution < 1.29 is 22.7 Å². The third kappa shape index (κ3) is 3.65. The van der Waals surface area contributed by atoms with Crippen molar-refractivity contribution in [2.24, 2.45) is 0 Å². The molecular formula is C14H13F3N4O2S. The summed E-state index contributed by atoms with van der Waals surface area (Å²) in [7, 11) is 0. The maximum Gasteiger partial charge on any atom is 0.445 e. The number of alkyl halides is 3. The summed E-state index contributed by atoms with van der Waals surface area (Å²) >= 11 is 0.292. The summed E-state index contributed by atoms with van der Waals surface area (Å²) in [5.74, 6) is 0. The number of carbonyl (C=O) groups excluding carboxylic acids is 1. The van der Waals surface area contributed by atoms with E-state index in [0.29, 0.717) is 31.1 Å². The van der Waals surface area contributed by atoms with Crippen LogP contribution in [0.4, 0.5) is 23.1 Å². The Morgan fingerprint density at radius 1 is 1.29 bits per heavy atom. The highest BCUT2D eigenvalue weighted by atomic mass is 32.1. The van der Waals surface area contributed by atoms with Crippen molar-refractivity contribution in [3.8, 4) is 0 Å². The van der Waals surface area contributed by atoms with Gasteiger partial charge in [-0.15, -0.1) is 10.2 Å². The van der Waals surface area contributed by atoms with Crippen LogP contribution in [0.3, 0.4) is 0 Å². The van der Waals surface area contributed by atoms with E-state index in [4.69, 9.17) is 4.74 Å². The predicted molar refractivity (Wildman–Crippen MR) is 80.6 cm³/mol. The van der Waals surface area contributed by atoms with Crippen molar-refractivity contribution in [3.63, 3.8) is 0 Å². The molecule has 0 radical (unpaired) electrons. The molecule has 3 rings (SSSR count). The molecule has 24 heavy (non-hydrogen) atoms. The molecule has 2 heterocycles. The molecule has 1 aliphatic rings. The van der Waals surface area contributed by atoms with Gasteiger partial charge in [0, 0.05) is 6.54 Å². The van der Waals surface area contributed by atoms with Crippen LogP contribution in [0.25, 0.3) is 0 Å². The van der Waals surface area contributed by atoms with Crippen LogP contribution in [-0.4, -0.2) is 40.9 Å². The molecule has 1 N–H and O–H groups in total. The van der Waals surface area contributed by atoms with E-state index < -0.39 is 17.2 Å². The Kier molecular flexibility index (Phi) is 4.67. The number of halogens is 3. The SMILES string of the molecule is O=C(Nc1nnc(C(F)(F)F)s1)N1CCOC[C@H]1c1ccccc1. The Hall–Kier alpha value is -2.20. The van der Waals surface area contributed by atoms with Crippen molar-refractivity contribution in [1.29, 1.82) is 0 Å². The van der Waals surface area contributed by atoms with Gasteiger partial charge in [0.2, 0.25) is 10.1 Å². The van der Waals surface area contributed by atoms with Gasteiger partial charge >= 0.3 is 12.2 Å². The van der Waals surface area contributed by atoms with Gasteiger partial charge < -0.3 is 9.64 Å². The number of benzene rings is 1. The van der Waals surface area contributed by atoms with Crippen LogP contribution in [-0.2, 0) is 10.9 Å². The average Bonchev–Trinajstić information content (AvgIpc) is 3.04. The van der Waals surface area contributed by atoms with E-state index in [-0.39, 0.29) is 11.2 Å². The summed E-state index contributed by atoms with van der Waals surface area (Å²) < 4.78 is 43.1. The topological polar surface area (TPSA) is 67.4 Å². The van der Waals surface area contributed by atoms with Crippen LogP contribution in [0.1, 0.15) is 16.6 Å². The zero-order chi connectivity index (χ0) is 17.2. The number of aromatic nitrogens is 2. The first-order valence-electron chi connectivity index (χ1n) is 7.06. The van der Waals surface area contributed by atoms with Gasteiger partial charge in [-0.2, -0.15) is 13.2 Å². The number of ether oxygens (including phenoxy) is 1. The lowest BCUT2D eigenvalue weighted by Crippen LogP contribution is -2.45. The fourth-order valence-electron chi connectivity index (χ4n) is 2.35. The van der Waals surface area contributed by atoms with E-state index in [1.807, 2.05) is 30.3 Å². The maximum atomic E-state index is 12.5. The Balaban J connectivity index is 1.74. The quantitative estimate of drug-likeness (QED) is 0.895. The van der Waals surface area contributed by atoms with Gasteiger partial charge in [0.15, 0.2) is 0 Å². The van der Waals surface area contributed by atoms with Crippen molar-refractivity contribution in [2.45, 2.75) is 12.2 Å². The summed E-state index contributed by atoms with van der Waals surface area (Å²) in [5, 5.41) is 7.52. The van der Waals surface area contributed by atoms with Crippen LogP contribution < -0.4 is 5.32 Å². The smallest absolute Gasteiger partial charge is 0.377 e. The fourth-order valence-corrected chi connectivity index (χ4v) is 2.95. The third-order valence-electron chi connectivity index (χ3n) is 3.46. The number of amides is 2. The number of hydrogen-bond acceptors (Lipinski definition) is 5. The minimum absolute atomic E-state index is 0.189. The monoisotopic (exact) mass is 358 g/mol. The molecule has 128 valence electrons. The van der Waals surface area contributed by atoms with Gasteiger partial charge in [-0.25, -0.2) is 4.79 Å². The highest BCUT2D eigenvalue weighted by Gasteiger charge is 2.36. The van der Waals surface area contributed by atoms with E-state index >= 15 is 0 Å². The van der Waals surface area contributed by atoms with Crippen LogP contribution in [0.2, 0.25) is 0 Å². The molecule has 1 fully saturated rings. The Bertz CT molecular complexity index is 708. The van der Waals surface area contributed by atoms with Crippen LogP contribution >= 0.6 is 11.3 Å². The molecule has 0 unspecified atom stereocenters. The second-order valence-electron chi connectivity index (χ2n) is 5.04. The van der Waals surface area contributed by atoms with E-state index in [1.165, 1.54) is 4.90 Å².